The summed E-state index contributed by atoms with van der Waals surface area (Å²) in [7, 11) is 3.26. The Morgan fingerprint density at radius 2 is 1.73 bits per heavy atom. The van der Waals surface area contributed by atoms with Gasteiger partial charge in [0.25, 0.3) is 0 Å². The Morgan fingerprint density at radius 3 is 2.51 bits per heavy atom. The highest BCUT2D eigenvalue weighted by Crippen LogP contribution is 2.50. The predicted molar refractivity (Wildman–Crippen MR) is 160 cm³/mol. The highest BCUT2D eigenvalue weighted by atomic mass is 16.5. The molecule has 212 valence electrons. The first-order chi connectivity index (χ1) is 19.8. The molecule has 7 heteroatoms. The molecule has 0 radical (unpaired) electrons. The number of methoxy groups -OCH3 is 2. The van der Waals surface area contributed by atoms with Gasteiger partial charge in [-0.25, -0.2) is 0 Å². The molecule has 1 unspecified atom stereocenters. The number of benzene rings is 3. The van der Waals surface area contributed by atoms with Crippen LogP contribution in [0.3, 0.4) is 0 Å². The first kappa shape index (κ1) is 26.9. The van der Waals surface area contributed by atoms with Crippen LogP contribution in [-0.2, 0) is 22.6 Å². The fourth-order valence-corrected chi connectivity index (χ4v) is 6.56. The van der Waals surface area contributed by atoms with Gasteiger partial charge in [-0.3, -0.25) is 9.59 Å². The van der Waals surface area contributed by atoms with Crippen molar-refractivity contribution < 1.29 is 19.1 Å². The van der Waals surface area contributed by atoms with Crippen molar-refractivity contribution in [3.05, 3.63) is 94.7 Å². The number of ketones is 1. The molecule has 1 amide bonds. The minimum atomic E-state index is -0.546. The third kappa shape index (κ3) is 5.05. The lowest BCUT2D eigenvalue weighted by Crippen LogP contribution is -2.45. The van der Waals surface area contributed by atoms with E-state index in [4.69, 9.17) is 9.47 Å². The fourth-order valence-electron chi connectivity index (χ4n) is 6.56. The van der Waals surface area contributed by atoms with E-state index < -0.39 is 6.04 Å². The largest absolute Gasteiger partial charge is 0.497 e. The minimum absolute atomic E-state index is 0.0220. The summed E-state index contributed by atoms with van der Waals surface area (Å²) in [4.78, 5) is 32.2. The molecular formula is C34H37N3O4. The summed E-state index contributed by atoms with van der Waals surface area (Å²) in [6.45, 7) is 5.61. The Hall–Kier alpha value is -4.26. The summed E-state index contributed by atoms with van der Waals surface area (Å²) >= 11 is 0. The van der Waals surface area contributed by atoms with E-state index >= 15 is 0 Å². The highest BCUT2D eigenvalue weighted by Gasteiger charge is 2.43. The van der Waals surface area contributed by atoms with E-state index in [1.165, 1.54) is 11.1 Å². The standard InChI is InChI=1S/C34H37N3O4/c1-34(2)18-27-32(29(38)19-34)33(25-17-24(40-3)13-14-30(25)41-4)37(28-12-8-7-11-26(28)35-27)21-31(39)36-16-15-22-9-5-6-10-23(22)20-36/h5-14,17,33,35H,15-16,18-21H2,1-4H3. The van der Waals surface area contributed by atoms with E-state index in [2.05, 4.69) is 42.3 Å². The summed E-state index contributed by atoms with van der Waals surface area (Å²) < 4.78 is 11.5. The number of hydrogen-bond donors (Lipinski definition) is 1. The molecule has 0 fully saturated rings. The number of nitrogens with one attached hydrogen (secondary N) is 1. The molecule has 7 nitrogen and oxygen atoms in total. The van der Waals surface area contributed by atoms with Crippen LogP contribution in [0.4, 0.5) is 11.4 Å². The maximum Gasteiger partial charge on any atom is 0.242 e. The molecule has 0 bridgehead atoms. The number of nitrogens with zero attached hydrogens (tertiary/aromatic N) is 2. The summed E-state index contributed by atoms with van der Waals surface area (Å²) in [5.74, 6) is 1.41. The molecular weight excluding hydrogens is 514 g/mol. The number of amides is 1. The van der Waals surface area contributed by atoms with Crippen LogP contribution in [0.2, 0.25) is 0 Å². The lowest BCUT2D eigenvalue weighted by molar-refractivity contribution is -0.130. The van der Waals surface area contributed by atoms with E-state index in [0.717, 1.165) is 35.5 Å². The Kier molecular flexibility index (Phi) is 6.98. The SMILES string of the molecule is COc1ccc(OC)c(C2C3=C(CC(C)(C)CC3=O)Nc3ccccc3N2CC(=O)N2CCc3ccccc3C2)c1. The van der Waals surface area contributed by atoms with Crippen molar-refractivity contribution in [3.8, 4) is 11.5 Å². The number of para-hydroxylation sites is 2. The molecule has 3 aromatic carbocycles. The van der Waals surface area contributed by atoms with Crippen molar-refractivity contribution in [2.24, 2.45) is 5.41 Å². The van der Waals surface area contributed by atoms with Gasteiger partial charge in [-0.2, -0.15) is 0 Å². The predicted octanol–water partition coefficient (Wildman–Crippen LogP) is 5.91. The van der Waals surface area contributed by atoms with Gasteiger partial charge >= 0.3 is 0 Å². The highest BCUT2D eigenvalue weighted by molar-refractivity contribution is 6.02. The van der Waals surface area contributed by atoms with Gasteiger partial charge in [0.05, 0.1) is 38.2 Å². The Balaban J connectivity index is 1.50. The number of allylic oxidation sites excluding steroid dienone is 1. The smallest absolute Gasteiger partial charge is 0.242 e. The van der Waals surface area contributed by atoms with Gasteiger partial charge in [-0.05, 0) is 59.7 Å². The Labute approximate surface area is 241 Å². The number of ether oxygens (including phenoxy) is 2. The molecule has 2 aliphatic heterocycles. The number of carbonyl (C=O) groups excluding carboxylic acids is 2. The molecule has 1 aliphatic carbocycles. The zero-order valence-corrected chi connectivity index (χ0v) is 24.2. The van der Waals surface area contributed by atoms with Crippen LogP contribution < -0.4 is 19.7 Å². The van der Waals surface area contributed by atoms with Crippen LogP contribution in [0.5, 0.6) is 11.5 Å². The van der Waals surface area contributed by atoms with Crippen LogP contribution >= 0.6 is 0 Å². The Morgan fingerprint density at radius 1 is 0.976 bits per heavy atom. The number of rotatable bonds is 5. The van der Waals surface area contributed by atoms with Crippen molar-refractivity contribution in [2.75, 3.05) is 37.5 Å². The molecule has 1 atom stereocenters. The van der Waals surface area contributed by atoms with Crippen LogP contribution in [-0.4, -0.2) is 43.9 Å². The van der Waals surface area contributed by atoms with Crippen molar-refractivity contribution in [2.45, 2.75) is 45.7 Å². The van der Waals surface area contributed by atoms with E-state index in [-0.39, 0.29) is 23.7 Å². The molecule has 3 aromatic rings. The third-order valence-electron chi connectivity index (χ3n) is 8.52. The molecule has 2 heterocycles. The van der Waals surface area contributed by atoms with Gasteiger partial charge in [-0.15, -0.1) is 0 Å². The average molecular weight is 552 g/mol. The maximum absolute atomic E-state index is 14.1. The molecule has 3 aliphatic rings. The molecule has 0 aromatic heterocycles. The number of carbonyl (C=O) groups is 2. The first-order valence-electron chi connectivity index (χ1n) is 14.2. The monoisotopic (exact) mass is 551 g/mol. The Bertz CT molecular complexity index is 1540. The van der Waals surface area contributed by atoms with Gasteiger partial charge in [0, 0.05) is 36.3 Å². The maximum atomic E-state index is 14.1. The van der Waals surface area contributed by atoms with Crippen molar-refractivity contribution in [1.82, 2.24) is 4.90 Å². The average Bonchev–Trinajstić information content (AvgIpc) is 3.10. The van der Waals surface area contributed by atoms with Crippen molar-refractivity contribution in [3.63, 3.8) is 0 Å². The second-order valence-electron chi connectivity index (χ2n) is 11.9. The van der Waals surface area contributed by atoms with Crippen LogP contribution in [0.15, 0.2) is 78.0 Å². The molecule has 0 saturated carbocycles. The van der Waals surface area contributed by atoms with E-state index in [1.807, 2.05) is 53.4 Å². The van der Waals surface area contributed by atoms with Gasteiger partial charge in [0.1, 0.15) is 11.5 Å². The van der Waals surface area contributed by atoms with Crippen LogP contribution in [0, 0.1) is 5.41 Å². The normalized spacial score (nSPS) is 19.4. The summed E-state index contributed by atoms with van der Waals surface area (Å²) in [5.41, 5.74) is 6.42. The van der Waals surface area contributed by atoms with Gasteiger partial charge in [-0.1, -0.05) is 50.2 Å². The molecule has 0 saturated heterocycles. The molecule has 6 rings (SSSR count). The zero-order chi connectivity index (χ0) is 28.7. The topological polar surface area (TPSA) is 71.1 Å². The van der Waals surface area contributed by atoms with Gasteiger partial charge in [0.2, 0.25) is 5.91 Å². The van der Waals surface area contributed by atoms with E-state index in [9.17, 15) is 9.59 Å². The van der Waals surface area contributed by atoms with E-state index in [1.54, 1.807) is 14.2 Å². The second-order valence-corrected chi connectivity index (χ2v) is 11.9. The third-order valence-corrected chi connectivity index (χ3v) is 8.52. The lowest BCUT2D eigenvalue weighted by atomic mass is 9.73. The second kappa shape index (κ2) is 10.6. The lowest BCUT2D eigenvalue weighted by Gasteiger charge is -2.39. The van der Waals surface area contributed by atoms with Gasteiger partial charge in [0.15, 0.2) is 5.78 Å². The van der Waals surface area contributed by atoms with Crippen molar-refractivity contribution >= 4 is 23.1 Å². The number of fused-ring (bicyclic) bond motifs is 2. The quantitative estimate of drug-likeness (QED) is 0.426. The van der Waals surface area contributed by atoms with Crippen LogP contribution in [0.25, 0.3) is 0 Å². The minimum Gasteiger partial charge on any atom is -0.497 e. The number of Topliss-reactive ketones (excluding diaryl/α,β-unsaturated/α-hetero) is 1. The molecule has 1 N–H and O–H groups in total. The number of hydrogen-bond acceptors (Lipinski definition) is 6. The van der Waals surface area contributed by atoms with Crippen LogP contribution in [0.1, 0.15) is 49.4 Å². The number of anilines is 2. The van der Waals surface area contributed by atoms with Gasteiger partial charge < -0.3 is 24.6 Å². The summed E-state index contributed by atoms with van der Waals surface area (Å²) in [6, 6.07) is 21.4. The first-order valence-corrected chi connectivity index (χ1v) is 14.2. The summed E-state index contributed by atoms with van der Waals surface area (Å²) in [5, 5.41) is 3.63. The zero-order valence-electron chi connectivity index (χ0n) is 24.2. The van der Waals surface area contributed by atoms with E-state index in [0.29, 0.717) is 36.6 Å². The fraction of sp³-hybridized carbons (Fsp3) is 0.353. The molecule has 0 spiro atoms. The van der Waals surface area contributed by atoms with Crippen molar-refractivity contribution in [1.29, 1.82) is 0 Å². The summed E-state index contributed by atoms with van der Waals surface area (Å²) in [6.07, 6.45) is 1.98. The molecule has 41 heavy (non-hydrogen) atoms.